The van der Waals surface area contributed by atoms with E-state index < -0.39 is 0 Å². The molecule has 0 aliphatic heterocycles. The van der Waals surface area contributed by atoms with Crippen molar-refractivity contribution in [1.29, 1.82) is 0 Å². The van der Waals surface area contributed by atoms with Gasteiger partial charge in [0.2, 0.25) is 0 Å². The van der Waals surface area contributed by atoms with Gasteiger partial charge in [0.15, 0.2) is 0 Å². The Morgan fingerprint density at radius 2 is 1.58 bits per heavy atom. The van der Waals surface area contributed by atoms with Crippen molar-refractivity contribution in [2.75, 3.05) is 13.7 Å². The molecule has 1 atom stereocenters. The van der Waals surface area contributed by atoms with Crippen LogP contribution in [0.2, 0.25) is 0 Å². The van der Waals surface area contributed by atoms with Crippen LogP contribution in [0.3, 0.4) is 0 Å². The van der Waals surface area contributed by atoms with Crippen molar-refractivity contribution >= 4 is 15.9 Å². The van der Waals surface area contributed by atoms with Gasteiger partial charge in [-0.05, 0) is 35.7 Å². The van der Waals surface area contributed by atoms with E-state index in [1.165, 1.54) is 11.1 Å². The van der Waals surface area contributed by atoms with Crippen LogP contribution in [0.15, 0.2) is 83.3 Å². The Morgan fingerprint density at radius 3 is 2.27 bits per heavy atom. The fraction of sp³-hybridized carbons (Fsp3) is 0.217. The fourth-order valence-electron chi connectivity index (χ4n) is 3.08. The van der Waals surface area contributed by atoms with E-state index >= 15 is 0 Å². The maximum Gasteiger partial charge on any atom is 0.123 e. The van der Waals surface area contributed by atoms with Crippen molar-refractivity contribution < 1.29 is 9.47 Å². The number of halogens is 1. The van der Waals surface area contributed by atoms with Crippen LogP contribution in [-0.4, -0.2) is 13.7 Å². The summed E-state index contributed by atoms with van der Waals surface area (Å²) in [6.45, 7) is 1.26. The first-order chi connectivity index (χ1) is 12.8. The van der Waals surface area contributed by atoms with Gasteiger partial charge in [-0.3, -0.25) is 0 Å². The van der Waals surface area contributed by atoms with Crippen molar-refractivity contribution in [2.45, 2.75) is 18.9 Å². The standard InChI is InChI=1S/C23H23BrO2/c1-25-15-14-21(19-10-6-3-7-11-19)22-16-20(24)12-13-23(22)26-17-18-8-4-2-5-9-18/h2-13,16,21H,14-15,17H2,1H3. The average Bonchev–Trinajstić information content (AvgIpc) is 2.69. The van der Waals surface area contributed by atoms with Crippen LogP contribution in [0.1, 0.15) is 29.0 Å². The molecule has 0 saturated carbocycles. The Bertz CT molecular complexity index is 803. The Hall–Kier alpha value is -2.10. The molecule has 3 aromatic rings. The first-order valence-electron chi connectivity index (χ1n) is 8.78. The van der Waals surface area contributed by atoms with E-state index in [4.69, 9.17) is 9.47 Å². The van der Waals surface area contributed by atoms with Gasteiger partial charge in [-0.25, -0.2) is 0 Å². The van der Waals surface area contributed by atoms with Crippen molar-refractivity contribution in [2.24, 2.45) is 0 Å². The summed E-state index contributed by atoms with van der Waals surface area (Å²) >= 11 is 3.61. The van der Waals surface area contributed by atoms with Gasteiger partial charge in [0, 0.05) is 29.7 Å². The third-order valence-electron chi connectivity index (χ3n) is 4.40. The number of methoxy groups -OCH3 is 1. The lowest BCUT2D eigenvalue weighted by atomic mass is 9.88. The molecule has 0 spiro atoms. The summed E-state index contributed by atoms with van der Waals surface area (Å²) in [5.74, 6) is 1.14. The van der Waals surface area contributed by atoms with Gasteiger partial charge in [0.1, 0.15) is 12.4 Å². The van der Waals surface area contributed by atoms with Crippen molar-refractivity contribution in [3.05, 3.63) is 100 Å². The van der Waals surface area contributed by atoms with Crippen LogP contribution in [0.25, 0.3) is 0 Å². The highest BCUT2D eigenvalue weighted by atomic mass is 79.9. The third kappa shape index (κ3) is 4.96. The highest BCUT2D eigenvalue weighted by molar-refractivity contribution is 9.10. The first kappa shape index (κ1) is 18.7. The second-order valence-corrected chi connectivity index (χ2v) is 7.12. The topological polar surface area (TPSA) is 18.5 Å². The number of ether oxygens (including phenoxy) is 2. The largest absolute Gasteiger partial charge is 0.489 e. The second kappa shape index (κ2) is 9.56. The second-order valence-electron chi connectivity index (χ2n) is 6.20. The zero-order chi connectivity index (χ0) is 18.2. The molecule has 0 radical (unpaired) electrons. The Kier molecular flexibility index (Phi) is 6.87. The van der Waals surface area contributed by atoms with Gasteiger partial charge >= 0.3 is 0 Å². The summed E-state index contributed by atoms with van der Waals surface area (Å²) < 4.78 is 12.6. The normalized spacial score (nSPS) is 11.9. The van der Waals surface area contributed by atoms with E-state index in [0.717, 1.165) is 22.2 Å². The minimum absolute atomic E-state index is 0.222. The van der Waals surface area contributed by atoms with E-state index in [1.54, 1.807) is 7.11 Å². The molecule has 0 aliphatic carbocycles. The molecule has 1 unspecified atom stereocenters. The molecular weight excluding hydrogens is 388 g/mol. The lowest BCUT2D eigenvalue weighted by molar-refractivity contribution is 0.190. The smallest absolute Gasteiger partial charge is 0.123 e. The minimum atomic E-state index is 0.222. The molecule has 0 aromatic heterocycles. The van der Waals surface area contributed by atoms with Crippen LogP contribution in [0, 0.1) is 0 Å². The number of rotatable bonds is 8. The van der Waals surface area contributed by atoms with Crippen LogP contribution >= 0.6 is 15.9 Å². The molecule has 3 rings (SSSR count). The summed E-state index contributed by atoms with van der Waals surface area (Å²) in [6, 6.07) is 27.0. The van der Waals surface area contributed by atoms with Crippen molar-refractivity contribution in [3.8, 4) is 5.75 Å². The Labute approximate surface area is 163 Å². The first-order valence-corrected chi connectivity index (χ1v) is 9.57. The highest BCUT2D eigenvalue weighted by Crippen LogP contribution is 2.36. The predicted octanol–water partition coefficient (Wildman–Crippen LogP) is 6.20. The average molecular weight is 411 g/mol. The van der Waals surface area contributed by atoms with Gasteiger partial charge in [-0.2, -0.15) is 0 Å². The van der Waals surface area contributed by atoms with Gasteiger partial charge in [-0.1, -0.05) is 76.6 Å². The molecule has 0 N–H and O–H groups in total. The van der Waals surface area contributed by atoms with Gasteiger partial charge in [0.25, 0.3) is 0 Å². The molecule has 3 aromatic carbocycles. The molecular formula is C23H23BrO2. The SMILES string of the molecule is COCCC(c1ccccc1)c1cc(Br)ccc1OCc1ccccc1. The van der Waals surface area contributed by atoms with Crippen LogP contribution in [0.5, 0.6) is 5.75 Å². The van der Waals surface area contributed by atoms with Crippen molar-refractivity contribution in [3.63, 3.8) is 0 Å². The summed E-state index contributed by atoms with van der Waals surface area (Å²) in [4.78, 5) is 0. The number of hydrogen-bond acceptors (Lipinski definition) is 2. The zero-order valence-electron chi connectivity index (χ0n) is 14.9. The fourth-order valence-corrected chi connectivity index (χ4v) is 3.46. The van der Waals surface area contributed by atoms with Gasteiger partial charge in [0.05, 0.1) is 0 Å². The van der Waals surface area contributed by atoms with Gasteiger partial charge < -0.3 is 9.47 Å². The Morgan fingerprint density at radius 1 is 0.885 bits per heavy atom. The minimum Gasteiger partial charge on any atom is -0.489 e. The van der Waals surface area contributed by atoms with E-state index in [1.807, 2.05) is 36.4 Å². The monoisotopic (exact) mass is 410 g/mol. The summed E-state index contributed by atoms with van der Waals surface area (Å²) in [5, 5.41) is 0. The quantitative estimate of drug-likeness (QED) is 0.440. The Balaban J connectivity index is 1.91. The van der Waals surface area contributed by atoms with Crippen LogP contribution < -0.4 is 4.74 Å². The van der Waals surface area contributed by atoms with E-state index in [-0.39, 0.29) is 5.92 Å². The number of benzene rings is 3. The number of hydrogen-bond donors (Lipinski definition) is 0. The van der Waals surface area contributed by atoms with E-state index in [2.05, 4.69) is 58.4 Å². The highest BCUT2D eigenvalue weighted by Gasteiger charge is 2.19. The molecule has 0 heterocycles. The van der Waals surface area contributed by atoms with Gasteiger partial charge in [-0.15, -0.1) is 0 Å². The predicted molar refractivity (Wildman–Crippen MR) is 110 cm³/mol. The third-order valence-corrected chi connectivity index (χ3v) is 4.89. The van der Waals surface area contributed by atoms with Crippen LogP contribution in [0.4, 0.5) is 0 Å². The lowest BCUT2D eigenvalue weighted by Crippen LogP contribution is -2.08. The molecule has 3 heteroatoms. The molecule has 26 heavy (non-hydrogen) atoms. The molecule has 0 bridgehead atoms. The molecule has 0 fully saturated rings. The molecule has 0 saturated heterocycles. The lowest BCUT2D eigenvalue weighted by Gasteiger charge is -2.21. The molecule has 0 amide bonds. The molecule has 0 aliphatic rings. The maximum atomic E-state index is 6.20. The van der Waals surface area contributed by atoms with Crippen LogP contribution in [-0.2, 0) is 11.3 Å². The maximum absolute atomic E-state index is 6.20. The van der Waals surface area contributed by atoms with E-state index in [0.29, 0.717) is 13.2 Å². The van der Waals surface area contributed by atoms with Crippen molar-refractivity contribution in [1.82, 2.24) is 0 Å². The molecule has 2 nitrogen and oxygen atoms in total. The summed E-state index contributed by atoms with van der Waals surface area (Å²) in [6.07, 6.45) is 0.901. The zero-order valence-corrected chi connectivity index (χ0v) is 16.5. The van der Waals surface area contributed by atoms with E-state index in [9.17, 15) is 0 Å². The summed E-state index contributed by atoms with van der Waals surface area (Å²) in [7, 11) is 1.75. The summed E-state index contributed by atoms with van der Waals surface area (Å²) in [5.41, 5.74) is 3.61. The molecule has 134 valence electrons.